The number of nitrogens with zero attached hydrogens (tertiary/aromatic N) is 4. The maximum Gasteiger partial charge on any atom is 0.301 e. The Morgan fingerprint density at radius 1 is 1.04 bits per heavy atom. The van der Waals surface area contributed by atoms with E-state index in [0.717, 1.165) is 56.1 Å². The molecule has 51 heavy (non-hydrogen) atoms. The van der Waals surface area contributed by atoms with Gasteiger partial charge in [0, 0.05) is 41.3 Å². The standard InChI is InChI=1S/C36H50ClN5O8Si/c1-23(43)38-11-14-45-26-9-8-25-19-41(12-10-24(25)17-26)35-27(37)18-28-34(39-35)40-36(42(28)22-44-15-16-51(2,3)4)50-30-21-48-32-29(20-47-33(30)32)49-31-7-5-6-13-46-31/h8-9,17-18,29-33H,5-7,10-16,19-22H2,1-4H3,(H,38,43)/t29-,30-,31?,32-,33-/m1/s1. The third kappa shape index (κ3) is 8.81. The first-order valence-corrected chi connectivity index (χ1v) is 22.3. The van der Waals surface area contributed by atoms with Crippen LogP contribution in [0.5, 0.6) is 11.8 Å². The predicted octanol–water partition coefficient (Wildman–Crippen LogP) is 4.93. The Bertz CT molecular complexity index is 1680. The summed E-state index contributed by atoms with van der Waals surface area (Å²) in [6.07, 6.45) is 2.53. The molecule has 0 saturated carbocycles. The number of rotatable bonds is 14. The molecule has 13 nitrogen and oxygen atoms in total. The molecule has 0 spiro atoms. The largest absolute Gasteiger partial charge is 0.492 e. The molecular formula is C36H50ClN5O8Si. The van der Waals surface area contributed by atoms with Crippen LogP contribution in [-0.4, -0.2) is 105 Å². The topological polar surface area (TPSA) is 128 Å². The molecule has 0 aliphatic carbocycles. The number of benzene rings is 1. The van der Waals surface area contributed by atoms with E-state index < -0.39 is 8.07 Å². The van der Waals surface area contributed by atoms with Gasteiger partial charge in [-0.3, -0.25) is 9.36 Å². The summed E-state index contributed by atoms with van der Waals surface area (Å²) in [4.78, 5) is 23.2. The predicted molar refractivity (Wildman–Crippen MR) is 194 cm³/mol. The summed E-state index contributed by atoms with van der Waals surface area (Å²) in [6, 6.07) is 9.48. The van der Waals surface area contributed by atoms with E-state index in [-0.39, 0.29) is 43.3 Å². The van der Waals surface area contributed by atoms with Gasteiger partial charge in [-0.1, -0.05) is 37.3 Å². The van der Waals surface area contributed by atoms with Crippen LogP contribution in [-0.2, 0) is 48.2 Å². The Morgan fingerprint density at radius 2 is 1.86 bits per heavy atom. The summed E-state index contributed by atoms with van der Waals surface area (Å²) in [5.74, 6) is 1.40. The lowest BCUT2D eigenvalue weighted by Crippen LogP contribution is -2.38. The lowest BCUT2D eigenvalue weighted by atomic mass is 9.99. The zero-order chi connectivity index (χ0) is 35.5. The fraction of sp³-hybridized carbons (Fsp3) is 0.639. The molecule has 1 amide bonds. The number of carbonyl (C=O) groups is 1. The molecule has 15 heteroatoms. The summed E-state index contributed by atoms with van der Waals surface area (Å²) < 4.78 is 45.0. The minimum absolute atomic E-state index is 0.0687. The molecule has 4 aliphatic rings. The first kappa shape index (κ1) is 36.4. The molecule has 7 rings (SSSR count). The zero-order valence-corrected chi connectivity index (χ0v) is 31.8. The van der Waals surface area contributed by atoms with E-state index in [1.54, 1.807) is 0 Å². The van der Waals surface area contributed by atoms with Gasteiger partial charge in [0.2, 0.25) is 5.91 Å². The van der Waals surface area contributed by atoms with Crippen molar-refractivity contribution in [3.8, 4) is 11.8 Å². The van der Waals surface area contributed by atoms with Crippen molar-refractivity contribution >= 4 is 42.6 Å². The Labute approximate surface area is 305 Å². The fourth-order valence-corrected chi connectivity index (χ4v) is 7.98. The second-order valence-corrected chi connectivity index (χ2v) is 21.0. The molecule has 1 aromatic carbocycles. The van der Waals surface area contributed by atoms with Crippen molar-refractivity contribution in [2.24, 2.45) is 0 Å². The number of imidazole rings is 1. The number of halogens is 1. The molecule has 3 aromatic rings. The van der Waals surface area contributed by atoms with Crippen LogP contribution >= 0.6 is 11.6 Å². The highest BCUT2D eigenvalue weighted by Gasteiger charge is 2.50. The molecule has 278 valence electrons. The summed E-state index contributed by atoms with van der Waals surface area (Å²) in [5, 5.41) is 3.29. The van der Waals surface area contributed by atoms with E-state index >= 15 is 0 Å². The SMILES string of the molecule is CC(=O)NCCOc1ccc2c(c1)CCN(c1nc3nc(O[C@@H]4CO[C@H]5[C@@H]4OC[C@H]5OC4CCCCO4)n(COCC[Si](C)(C)C)c3cc1Cl)C2. The smallest absolute Gasteiger partial charge is 0.301 e. The second-order valence-electron chi connectivity index (χ2n) is 15.0. The molecule has 2 aromatic heterocycles. The average Bonchev–Trinajstić information content (AvgIpc) is 3.79. The van der Waals surface area contributed by atoms with Gasteiger partial charge in [0.25, 0.3) is 0 Å². The second kappa shape index (κ2) is 15.9. The molecule has 6 heterocycles. The number of aromatic nitrogens is 3. The summed E-state index contributed by atoms with van der Waals surface area (Å²) in [5.41, 5.74) is 3.68. The Hall–Kier alpha value is -2.98. The van der Waals surface area contributed by atoms with E-state index in [0.29, 0.717) is 62.0 Å². The first-order chi connectivity index (χ1) is 24.6. The van der Waals surface area contributed by atoms with Crippen molar-refractivity contribution in [3.05, 3.63) is 40.4 Å². The minimum atomic E-state index is -1.28. The van der Waals surface area contributed by atoms with Crippen LogP contribution in [0.4, 0.5) is 5.82 Å². The van der Waals surface area contributed by atoms with Crippen LogP contribution in [0.15, 0.2) is 24.3 Å². The Balaban J connectivity index is 1.07. The van der Waals surface area contributed by atoms with Gasteiger partial charge >= 0.3 is 6.01 Å². The average molecular weight is 744 g/mol. The number of anilines is 1. The molecule has 4 aliphatic heterocycles. The fourth-order valence-electron chi connectivity index (χ4n) is 6.96. The summed E-state index contributed by atoms with van der Waals surface area (Å²) >= 11 is 6.99. The van der Waals surface area contributed by atoms with E-state index in [1.807, 2.05) is 16.7 Å². The lowest BCUT2D eigenvalue weighted by Gasteiger charge is -2.30. The highest BCUT2D eigenvalue weighted by atomic mass is 35.5. The normalized spacial score (nSPS) is 24.8. The molecule has 5 atom stereocenters. The van der Waals surface area contributed by atoms with Crippen LogP contribution in [0, 0.1) is 0 Å². The number of hydrogen-bond donors (Lipinski definition) is 1. The monoisotopic (exact) mass is 743 g/mol. The molecule has 1 unspecified atom stereocenters. The number of nitrogens with one attached hydrogen (secondary N) is 1. The van der Waals surface area contributed by atoms with Crippen molar-refractivity contribution < 1.29 is 38.0 Å². The van der Waals surface area contributed by atoms with Gasteiger partial charge in [-0.2, -0.15) is 4.98 Å². The summed E-state index contributed by atoms with van der Waals surface area (Å²) in [7, 11) is -1.28. The van der Waals surface area contributed by atoms with Crippen LogP contribution in [0.3, 0.4) is 0 Å². The van der Waals surface area contributed by atoms with Crippen LogP contribution < -0.4 is 19.7 Å². The molecule has 1 N–H and O–H groups in total. The number of ether oxygens (including phenoxy) is 7. The van der Waals surface area contributed by atoms with Crippen molar-refractivity contribution in [1.29, 1.82) is 0 Å². The quantitative estimate of drug-likeness (QED) is 0.178. The van der Waals surface area contributed by atoms with E-state index in [9.17, 15) is 4.79 Å². The van der Waals surface area contributed by atoms with Gasteiger partial charge in [-0.15, -0.1) is 0 Å². The lowest BCUT2D eigenvalue weighted by molar-refractivity contribution is -0.202. The third-order valence-corrected chi connectivity index (χ3v) is 11.8. The highest BCUT2D eigenvalue weighted by molar-refractivity contribution is 6.76. The maximum atomic E-state index is 11.1. The molecule has 3 fully saturated rings. The molecule has 3 saturated heterocycles. The third-order valence-electron chi connectivity index (χ3n) is 9.78. The number of hydrogen-bond acceptors (Lipinski definition) is 11. The Kier molecular flexibility index (Phi) is 11.4. The maximum absolute atomic E-state index is 11.1. The number of fused-ring (bicyclic) bond motifs is 3. The Morgan fingerprint density at radius 3 is 2.65 bits per heavy atom. The van der Waals surface area contributed by atoms with Gasteiger partial charge in [0.05, 0.1) is 30.3 Å². The molecule has 0 bridgehead atoms. The number of amides is 1. The first-order valence-electron chi connectivity index (χ1n) is 18.2. The summed E-state index contributed by atoms with van der Waals surface area (Å²) in [6.45, 7) is 13.2. The minimum Gasteiger partial charge on any atom is -0.492 e. The van der Waals surface area contributed by atoms with Crippen LogP contribution in [0.1, 0.15) is 37.3 Å². The van der Waals surface area contributed by atoms with E-state index in [2.05, 4.69) is 42.0 Å². The zero-order valence-electron chi connectivity index (χ0n) is 30.0. The van der Waals surface area contributed by atoms with Crippen molar-refractivity contribution in [2.75, 3.05) is 51.0 Å². The van der Waals surface area contributed by atoms with Crippen molar-refractivity contribution in [2.45, 2.75) is 102 Å². The van der Waals surface area contributed by atoms with Gasteiger partial charge in [-0.25, -0.2) is 4.98 Å². The van der Waals surface area contributed by atoms with Crippen molar-refractivity contribution in [3.63, 3.8) is 0 Å². The van der Waals surface area contributed by atoms with Gasteiger partial charge in [-0.05, 0) is 61.1 Å². The number of pyridine rings is 1. The highest BCUT2D eigenvalue weighted by Crippen LogP contribution is 2.36. The van der Waals surface area contributed by atoms with E-state index in [1.165, 1.54) is 18.1 Å². The molecule has 0 radical (unpaired) electrons. The number of carbonyl (C=O) groups excluding carboxylic acids is 1. The van der Waals surface area contributed by atoms with E-state index in [4.69, 9.17) is 54.7 Å². The van der Waals surface area contributed by atoms with Crippen LogP contribution in [0.2, 0.25) is 30.7 Å². The van der Waals surface area contributed by atoms with Gasteiger partial charge < -0.3 is 43.4 Å². The van der Waals surface area contributed by atoms with Gasteiger partial charge in [0.1, 0.15) is 43.2 Å². The van der Waals surface area contributed by atoms with Crippen LogP contribution in [0.25, 0.3) is 11.2 Å². The van der Waals surface area contributed by atoms with Crippen molar-refractivity contribution in [1.82, 2.24) is 19.9 Å². The van der Waals surface area contributed by atoms with Gasteiger partial charge in [0.15, 0.2) is 18.0 Å². The molecular weight excluding hydrogens is 694 g/mol.